The van der Waals surface area contributed by atoms with Crippen LogP contribution in [0.3, 0.4) is 0 Å². The average molecular weight is 512 g/mol. The molecule has 0 fully saturated rings. The third kappa shape index (κ3) is 3.34. The van der Waals surface area contributed by atoms with Crippen molar-refractivity contribution in [2.75, 3.05) is 0 Å². The van der Waals surface area contributed by atoms with Crippen molar-refractivity contribution in [2.24, 2.45) is 0 Å². The van der Waals surface area contributed by atoms with Crippen LogP contribution in [0.25, 0.3) is 60.9 Å². The minimum atomic E-state index is -0.0749. The van der Waals surface area contributed by atoms with Crippen molar-refractivity contribution in [1.82, 2.24) is 4.57 Å². The van der Waals surface area contributed by atoms with Gasteiger partial charge in [0, 0.05) is 21.9 Å². The standard InChI is InChI=1S/C39H29N/c1-39(2)35-23-27(26-11-5-3-6-12-26)17-20-31(35)32-21-18-28(24-36(32)39)29-19-22-34-33-15-9-10-16-37(33)40(38(34)25-29)30-13-7-4-8-14-30/h3-25H,1-2H3. The highest BCUT2D eigenvalue weighted by molar-refractivity contribution is 6.10. The molecule has 0 spiro atoms. The van der Waals surface area contributed by atoms with Gasteiger partial charge in [-0.1, -0.05) is 117 Å². The van der Waals surface area contributed by atoms with Gasteiger partial charge < -0.3 is 4.57 Å². The maximum Gasteiger partial charge on any atom is 0.0547 e. The van der Waals surface area contributed by atoms with E-state index in [1.807, 2.05) is 0 Å². The number of hydrogen-bond donors (Lipinski definition) is 0. The Bertz CT molecular complexity index is 2060. The van der Waals surface area contributed by atoms with Crippen LogP contribution in [0.4, 0.5) is 0 Å². The Morgan fingerprint density at radius 2 is 0.950 bits per heavy atom. The fourth-order valence-electron chi connectivity index (χ4n) is 6.73. The van der Waals surface area contributed by atoms with Gasteiger partial charge in [-0.15, -0.1) is 0 Å². The van der Waals surface area contributed by atoms with Gasteiger partial charge in [-0.25, -0.2) is 0 Å². The number of benzene rings is 6. The van der Waals surface area contributed by atoms with Crippen molar-refractivity contribution in [3.63, 3.8) is 0 Å². The van der Waals surface area contributed by atoms with Crippen molar-refractivity contribution < 1.29 is 0 Å². The molecular weight excluding hydrogens is 482 g/mol. The largest absolute Gasteiger partial charge is 0.309 e. The summed E-state index contributed by atoms with van der Waals surface area (Å²) in [6.45, 7) is 4.74. The van der Waals surface area contributed by atoms with Crippen LogP contribution in [0.2, 0.25) is 0 Å². The summed E-state index contributed by atoms with van der Waals surface area (Å²) in [5.74, 6) is 0. The number of hydrogen-bond acceptors (Lipinski definition) is 0. The van der Waals surface area contributed by atoms with Gasteiger partial charge in [-0.05, 0) is 80.9 Å². The second-order valence-electron chi connectivity index (χ2n) is 11.4. The Balaban J connectivity index is 1.28. The van der Waals surface area contributed by atoms with E-state index in [0.29, 0.717) is 0 Å². The van der Waals surface area contributed by atoms with Crippen LogP contribution in [0.15, 0.2) is 140 Å². The third-order valence-electron chi connectivity index (χ3n) is 8.80. The van der Waals surface area contributed by atoms with E-state index in [1.165, 1.54) is 72.0 Å². The Hall–Kier alpha value is -4.88. The summed E-state index contributed by atoms with van der Waals surface area (Å²) >= 11 is 0. The van der Waals surface area contributed by atoms with E-state index in [0.717, 1.165) is 0 Å². The molecule has 0 saturated carbocycles. The van der Waals surface area contributed by atoms with Crippen LogP contribution >= 0.6 is 0 Å². The molecule has 1 heterocycles. The quantitative estimate of drug-likeness (QED) is 0.222. The van der Waals surface area contributed by atoms with Crippen molar-refractivity contribution in [2.45, 2.75) is 19.3 Å². The minimum Gasteiger partial charge on any atom is -0.309 e. The number of fused-ring (bicyclic) bond motifs is 6. The molecular formula is C39H29N. The zero-order valence-electron chi connectivity index (χ0n) is 22.7. The number of para-hydroxylation sites is 2. The summed E-state index contributed by atoms with van der Waals surface area (Å²) in [4.78, 5) is 0. The highest BCUT2D eigenvalue weighted by Crippen LogP contribution is 2.50. The van der Waals surface area contributed by atoms with E-state index in [4.69, 9.17) is 0 Å². The minimum absolute atomic E-state index is 0.0749. The summed E-state index contributed by atoms with van der Waals surface area (Å²) in [6, 6.07) is 51.1. The lowest BCUT2D eigenvalue weighted by molar-refractivity contribution is 0.661. The highest BCUT2D eigenvalue weighted by Gasteiger charge is 2.35. The molecule has 0 amide bonds. The van der Waals surface area contributed by atoms with Crippen LogP contribution in [-0.2, 0) is 5.41 Å². The van der Waals surface area contributed by atoms with Crippen LogP contribution < -0.4 is 0 Å². The molecule has 8 rings (SSSR count). The maximum absolute atomic E-state index is 2.42. The predicted octanol–water partition coefficient (Wildman–Crippen LogP) is 10.4. The van der Waals surface area contributed by atoms with E-state index in [1.54, 1.807) is 0 Å². The Morgan fingerprint density at radius 1 is 0.425 bits per heavy atom. The van der Waals surface area contributed by atoms with E-state index in [-0.39, 0.29) is 5.41 Å². The fourth-order valence-corrected chi connectivity index (χ4v) is 6.73. The molecule has 0 unspecified atom stereocenters. The van der Waals surface area contributed by atoms with Gasteiger partial charge in [0.1, 0.15) is 0 Å². The molecule has 0 saturated heterocycles. The van der Waals surface area contributed by atoms with Crippen LogP contribution in [-0.4, -0.2) is 4.57 Å². The van der Waals surface area contributed by atoms with E-state index in [2.05, 4.69) is 158 Å². The molecule has 0 bridgehead atoms. The van der Waals surface area contributed by atoms with Gasteiger partial charge >= 0.3 is 0 Å². The lowest BCUT2D eigenvalue weighted by atomic mass is 9.81. The van der Waals surface area contributed by atoms with Crippen molar-refractivity contribution in [1.29, 1.82) is 0 Å². The van der Waals surface area contributed by atoms with Gasteiger partial charge in [0.05, 0.1) is 11.0 Å². The van der Waals surface area contributed by atoms with E-state index in [9.17, 15) is 0 Å². The molecule has 0 atom stereocenters. The zero-order chi connectivity index (χ0) is 26.8. The van der Waals surface area contributed by atoms with Crippen molar-refractivity contribution >= 4 is 21.8 Å². The lowest BCUT2D eigenvalue weighted by Gasteiger charge is -2.22. The summed E-state index contributed by atoms with van der Waals surface area (Å²) in [5, 5.41) is 2.57. The number of nitrogens with zero attached hydrogens (tertiary/aromatic N) is 1. The number of aromatic nitrogens is 1. The van der Waals surface area contributed by atoms with E-state index < -0.39 is 0 Å². The molecule has 1 aliphatic rings. The average Bonchev–Trinajstić information content (AvgIpc) is 3.46. The molecule has 40 heavy (non-hydrogen) atoms. The predicted molar refractivity (Wildman–Crippen MR) is 169 cm³/mol. The van der Waals surface area contributed by atoms with E-state index >= 15 is 0 Å². The van der Waals surface area contributed by atoms with Crippen LogP contribution in [0.1, 0.15) is 25.0 Å². The monoisotopic (exact) mass is 511 g/mol. The molecule has 6 aromatic carbocycles. The maximum atomic E-state index is 2.42. The normalized spacial score (nSPS) is 13.4. The third-order valence-corrected chi connectivity index (χ3v) is 8.80. The molecule has 0 N–H and O–H groups in total. The van der Waals surface area contributed by atoms with Gasteiger partial charge in [-0.3, -0.25) is 0 Å². The topological polar surface area (TPSA) is 4.93 Å². The van der Waals surface area contributed by atoms with Crippen LogP contribution in [0.5, 0.6) is 0 Å². The van der Waals surface area contributed by atoms with Crippen molar-refractivity contribution in [3.05, 3.63) is 151 Å². The summed E-state index contributed by atoms with van der Waals surface area (Å²) < 4.78 is 2.40. The first-order chi connectivity index (χ1) is 19.6. The summed E-state index contributed by atoms with van der Waals surface area (Å²) in [5.41, 5.74) is 14.1. The van der Waals surface area contributed by atoms with Gasteiger partial charge in [0.15, 0.2) is 0 Å². The molecule has 1 nitrogen and oxygen atoms in total. The second kappa shape index (κ2) is 8.56. The fraction of sp³-hybridized carbons (Fsp3) is 0.0769. The van der Waals surface area contributed by atoms with Gasteiger partial charge in [0.2, 0.25) is 0 Å². The first kappa shape index (κ1) is 23.0. The lowest BCUT2D eigenvalue weighted by Crippen LogP contribution is -2.15. The molecule has 1 aliphatic carbocycles. The molecule has 190 valence electrons. The zero-order valence-corrected chi connectivity index (χ0v) is 22.7. The second-order valence-corrected chi connectivity index (χ2v) is 11.4. The van der Waals surface area contributed by atoms with Crippen LogP contribution in [0, 0.1) is 0 Å². The molecule has 0 radical (unpaired) electrons. The first-order valence-electron chi connectivity index (χ1n) is 14.0. The summed E-state index contributed by atoms with van der Waals surface area (Å²) in [7, 11) is 0. The molecule has 0 aliphatic heterocycles. The molecule has 1 aromatic heterocycles. The Labute approximate surface area is 235 Å². The van der Waals surface area contributed by atoms with Crippen molar-refractivity contribution in [3.8, 4) is 39.1 Å². The SMILES string of the molecule is CC1(C)c2cc(-c3ccccc3)ccc2-c2ccc(-c3ccc4c5ccccc5n(-c5ccccc5)c4c3)cc21. The smallest absolute Gasteiger partial charge is 0.0547 e. The molecule has 1 heteroatoms. The first-order valence-corrected chi connectivity index (χ1v) is 14.0. The molecule has 7 aromatic rings. The Kier molecular flexibility index (Phi) is 4.93. The van der Waals surface area contributed by atoms with Gasteiger partial charge in [0.25, 0.3) is 0 Å². The number of rotatable bonds is 3. The highest BCUT2D eigenvalue weighted by atomic mass is 15.0. The Morgan fingerprint density at radius 3 is 1.65 bits per heavy atom. The summed E-state index contributed by atoms with van der Waals surface area (Å²) in [6.07, 6.45) is 0. The van der Waals surface area contributed by atoms with Gasteiger partial charge in [-0.2, -0.15) is 0 Å².